The summed E-state index contributed by atoms with van der Waals surface area (Å²) >= 11 is 6.03. The lowest BCUT2D eigenvalue weighted by Crippen LogP contribution is -2.25. The average molecular weight is 401 g/mol. The summed E-state index contributed by atoms with van der Waals surface area (Å²) in [5.41, 5.74) is 4.75. The standard InChI is InChI=1S/C23H29ClN2O2/c1-22(2,3)16-23(4,5)18-10-12-19(13-11-18)28-15-21(27)26-25-14-17-8-6-7-9-20(17)24/h6-14H,15-16H2,1-5H3,(H,26,27). The van der Waals surface area contributed by atoms with E-state index in [-0.39, 0.29) is 23.3 Å². The summed E-state index contributed by atoms with van der Waals surface area (Å²) in [4.78, 5) is 11.9. The molecule has 0 radical (unpaired) electrons. The van der Waals surface area contributed by atoms with E-state index in [1.165, 1.54) is 11.8 Å². The number of ether oxygens (including phenoxy) is 1. The van der Waals surface area contributed by atoms with Crippen LogP contribution < -0.4 is 10.2 Å². The van der Waals surface area contributed by atoms with E-state index in [1.54, 1.807) is 6.07 Å². The fourth-order valence-electron chi connectivity index (χ4n) is 3.36. The van der Waals surface area contributed by atoms with Crippen molar-refractivity contribution in [3.05, 3.63) is 64.7 Å². The molecule has 0 unspecified atom stereocenters. The van der Waals surface area contributed by atoms with E-state index in [4.69, 9.17) is 16.3 Å². The Kier molecular flexibility index (Phi) is 7.25. The Morgan fingerprint density at radius 1 is 1.07 bits per heavy atom. The van der Waals surface area contributed by atoms with Crippen LogP contribution in [0.15, 0.2) is 53.6 Å². The number of hydrogen-bond acceptors (Lipinski definition) is 3. The van der Waals surface area contributed by atoms with E-state index in [0.29, 0.717) is 10.8 Å². The highest BCUT2D eigenvalue weighted by Crippen LogP contribution is 2.36. The smallest absolute Gasteiger partial charge is 0.277 e. The molecular weight excluding hydrogens is 372 g/mol. The number of hydrazone groups is 1. The molecule has 0 aliphatic rings. The van der Waals surface area contributed by atoms with Crippen LogP contribution in [0, 0.1) is 5.41 Å². The molecular formula is C23H29ClN2O2. The van der Waals surface area contributed by atoms with Gasteiger partial charge in [-0.2, -0.15) is 5.10 Å². The van der Waals surface area contributed by atoms with Crippen LogP contribution in [0.1, 0.15) is 52.2 Å². The van der Waals surface area contributed by atoms with Crippen LogP contribution in [0.3, 0.4) is 0 Å². The molecule has 0 aromatic heterocycles. The lowest BCUT2D eigenvalue weighted by Gasteiger charge is -2.33. The Balaban J connectivity index is 1.86. The summed E-state index contributed by atoms with van der Waals surface area (Å²) in [6.45, 7) is 11.1. The molecule has 4 nitrogen and oxygen atoms in total. The average Bonchev–Trinajstić information content (AvgIpc) is 2.60. The zero-order valence-electron chi connectivity index (χ0n) is 17.3. The van der Waals surface area contributed by atoms with Crippen molar-refractivity contribution < 1.29 is 9.53 Å². The van der Waals surface area contributed by atoms with Gasteiger partial charge in [-0.3, -0.25) is 4.79 Å². The second kappa shape index (κ2) is 9.24. The molecule has 0 aliphatic heterocycles. The number of benzene rings is 2. The maximum atomic E-state index is 11.9. The number of amides is 1. The predicted octanol–water partition coefficient (Wildman–Crippen LogP) is 5.58. The van der Waals surface area contributed by atoms with Crippen LogP contribution in [-0.2, 0) is 10.2 Å². The van der Waals surface area contributed by atoms with Gasteiger partial charge in [-0.1, -0.05) is 76.6 Å². The largest absolute Gasteiger partial charge is 0.484 e. The van der Waals surface area contributed by atoms with Crippen molar-refractivity contribution >= 4 is 23.7 Å². The fourth-order valence-corrected chi connectivity index (χ4v) is 3.55. The molecule has 0 saturated carbocycles. The first-order chi connectivity index (χ1) is 13.1. The number of rotatable bonds is 7. The van der Waals surface area contributed by atoms with E-state index in [9.17, 15) is 4.79 Å². The molecule has 0 atom stereocenters. The van der Waals surface area contributed by atoms with Crippen LogP contribution in [-0.4, -0.2) is 18.7 Å². The SMILES string of the molecule is CC(C)(C)CC(C)(C)c1ccc(OCC(=O)NN=Cc2ccccc2Cl)cc1. The fraction of sp³-hybridized carbons (Fsp3) is 0.391. The molecule has 0 fully saturated rings. The van der Waals surface area contributed by atoms with Crippen molar-refractivity contribution in [2.24, 2.45) is 10.5 Å². The molecule has 2 aromatic carbocycles. The van der Waals surface area contributed by atoms with Gasteiger partial charge in [-0.05, 0) is 41.0 Å². The maximum Gasteiger partial charge on any atom is 0.277 e. The normalized spacial score (nSPS) is 12.2. The van der Waals surface area contributed by atoms with Crippen LogP contribution in [0.5, 0.6) is 5.75 Å². The number of carbonyl (C=O) groups excluding carboxylic acids is 1. The molecule has 1 amide bonds. The number of nitrogens with zero attached hydrogens (tertiary/aromatic N) is 1. The van der Waals surface area contributed by atoms with Gasteiger partial charge < -0.3 is 4.74 Å². The van der Waals surface area contributed by atoms with Gasteiger partial charge in [0.1, 0.15) is 5.75 Å². The van der Waals surface area contributed by atoms with E-state index in [1.807, 2.05) is 30.3 Å². The zero-order chi connectivity index (χ0) is 20.8. The maximum absolute atomic E-state index is 11.9. The molecule has 0 aliphatic carbocycles. The summed E-state index contributed by atoms with van der Waals surface area (Å²) in [5.74, 6) is 0.320. The summed E-state index contributed by atoms with van der Waals surface area (Å²) in [6, 6.07) is 15.2. The lowest BCUT2D eigenvalue weighted by atomic mass is 9.72. The van der Waals surface area contributed by atoms with E-state index in [0.717, 1.165) is 12.0 Å². The first-order valence-electron chi connectivity index (χ1n) is 9.37. The van der Waals surface area contributed by atoms with Crippen molar-refractivity contribution in [2.45, 2.75) is 46.5 Å². The number of hydrogen-bond donors (Lipinski definition) is 1. The zero-order valence-corrected chi connectivity index (χ0v) is 18.0. The topological polar surface area (TPSA) is 50.7 Å². The minimum atomic E-state index is -0.333. The number of nitrogens with one attached hydrogen (secondary N) is 1. The minimum Gasteiger partial charge on any atom is -0.484 e. The second-order valence-electron chi connectivity index (χ2n) is 8.75. The third kappa shape index (κ3) is 7.01. The van der Waals surface area contributed by atoms with Gasteiger partial charge >= 0.3 is 0 Å². The molecule has 2 rings (SSSR count). The van der Waals surface area contributed by atoms with Crippen molar-refractivity contribution in [3.8, 4) is 5.75 Å². The quantitative estimate of drug-likeness (QED) is 0.487. The van der Waals surface area contributed by atoms with E-state index in [2.05, 4.69) is 57.3 Å². The predicted molar refractivity (Wildman–Crippen MR) is 116 cm³/mol. The first kappa shape index (κ1) is 22.0. The van der Waals surface area contributed by atoms with Gasteiger partial charge in [0.05, 0.1) is 6.21 Å². The molecule has 0 bridgehead atoms. The van der Waals surface area contributed by atoms with Gasteiger partial charge in [-0.25, -0.2) is 5.43 Å². The van der Waals surface area contributed by atoms with Crippen molar-refractivity contribution in [3.63, 3.8) is 0 Å². The molecule has 150 valence electrons. The summed E-state index contributed by atoms with van der Waals surface area (Å²) in [5, 5.41) is 4.48. The monoisotopic (exact) mass is 400 g/mol. The van der Waals surface area contributed by atoms with Gasteiger partial charge in [0, 0.05) is 10.6 Å². The van der Waals surface area contributed by atoms with Gasteiger partial charge in [0.25, 0.3) is 5.91 Å². The van der Waals surface area contributed by atoms with Gasteiger partial charge in [0.2, 0.25) is 0 Å². The molecule has 0 heterocycles. The van der Waals surface area contributed by atoms with E-state index >= 15 is 0 Å². The number of halogens is 1. The molecule has 28 heavy (non-hydrogen) atoms. The van der Waals surface area contributed by atoms with Crippen LogP contribution in [0.25, 0.3) is 0 Å². The first-order valence-corrected chi connectivity index (χ1v) is 9.74. The Labute approximate surface area is 172 Å². The van der Waals surface area contributed by atoms with Crippen LogP contribution in [0.2, 0.25) is 5.02 Å². The Bertz CT molecular complexity index is 821. The van der Waals surface area contributed by atoms with Crippen LogP contribution in [0.4, 0.5) is 0 Å². The molecule has 5 heteroatoms. The number of carbonyl (C=O) groups is 1. The summed E-state index contributed by atoms with van der Waals surface area (Å²) in [6.07, 6.45) is 2.58. The Morgan fingerprint density at radius 3 is 2.32 bits per heavy atom. The van der Waals surface area contributed by atoms with Gasteiger partial charge in [0.15, 0.2) is 6.61 Å². The lowest BCUT2D eigenvalue weighted by molar-refractivity contribution is -0.123. The highest BCUT2D eigenvalue weighted by molar-refractivity contribution is 6.33. The van der Waals surface area contributed by atoms with Crippen molar-refractivity contribution in [1.82, 2.24) is 5.43 Å². The highest BCUT2D eigenvalue weighted by atomic mass is 35.5. The molecule has 1 N–H and O–H groups in total. The highest BCUT2D eigenvalue weighted by Gasteiger charge is 2.27. The van der Waals surface area contributed by atoms with Crippen LogP contribution >= 0.6 is 11.6 Å². The van der Waals surface area contributed by atoms with Crippen molar-refractivity contribution in [2.75, 3.05) is 6.61 Å². The third-order valence-corrected chi connectivity index (χ3v) is 4.62. The summed E-state index contributed by atoms with van der Waals surface area (Å²) in [7, 11) is 0. The Morgan fingerprint density at radius 2 is 1.71 bits per heavy atom. The molecule has 2 aromatic rings. The second-order valence-corrected chi connectivity index (χ2v) is 9.16. The Hall–Kier alpha value is -2.33. The molecule has 0 saturated heterocycles. The third-order valence-electron chi connectivity index (χ3n) is 4.28. The van der Waals surface area contributed by atoms with Crippen molar-refractivity contribution in [1.29, 1.82) is 0 Å². The minimum absolute atomic E-state index is 0.0710. The molecule has 0 spiro atoms. The van der Waals surface area contributed by atoms with Gasteiger partial charge in [-0.15, -0.1) is 0 Å². The summed E-state index contributed by atoms with van der Waals surface area (Å²) < 4.78 is 5.55. The van der Waals surface area contributed by atoms with E-state index < -0.39 is 0 Å².